The van der Waals surface area contributed by atoms with Crippen LogP contribution in [-0.2, 0) is 23.3 Å². The molecule has 102 valence electrons. The van der Waals surface area contributed by atoms with Crippen LogP contribution in [0.5, 0.6) is 0 Å². The second-order valence-electron chi connectivity index (χ2n) is 5.21. The molecule has 3 heteroatoms. The molecule has 1 aliphatic carbocycles. The first-order chi connectivity index (χ1) is 9.72. The zero-order valence-electron chi connectivity index (χ0n) is 11.2. The Balaban J connectivity index is 1.89. The van der Waals surface area contributed by atoms with Gasteiger partial charge in [-0.25, -0.2) is 4.79 Å². The monoisotopic (exact) mass is 267 g/mol. The van der Waals surface area contributed by atoms with E-state index in [-0.39, 0.29) is 0 Å². The van der Waals surface area contributed by atoms with E-state index >= 15 is 0 Å². The minimum Gasteiger partial charge on any atom is -0.480 e. The quantitative estimate of drug-likeness (QED) is 0.895. The lowest BCUT2D eigenvalue weighted by Gasteiger charge is -2.27. The van der Waals surface area contributed by atoms with Crippen molar-refractivity contribution in [2.45, 2.75) is 24.9 Å². The molecule has 20 heavy (non-hydrogen) atoms. The normalized spacial score (nSPS) is 20.6. The smallest absolute Gasteiger partial charge is 0.328 e. The van der Waals surface area contributed by atoms with Gasteiger partial charge in [0.25, 0.3) is 0 Å². The van der Waals surface area contributed by atoms with Gasteiger partial charge in [-0.05, 0) is 29.5 Å². The third-order valence-corrected chi connectivity index (χ3v) is 4.05. The number of carbonyl (C=O) groups is 1. The van der Waals surface area contributed by atoms with Crippen LogP contribution in [0.2, 0.25) is 0 Å². The highest BCUT2D eigenvalue weighted by molar-refractivity contribution is 5.82. The summed E-state index contributed by atoms with van der Waals surface area (Å²) < 4.78 is 0. The van der Waals surface area contributed by atoms with Crippen LogP contribution >= 0.6 is 0 Å². The largest absolute Gasteiger partial charge is 0.480 e. The lowest BCUT2D eigenvalue weighted by atomic mass is 9.91. The van der Waals surface area contributed by atoms with Crippen molar-refractivity contribution >= 4 is 5.97 Å². The molecule has 0 aromatic heterocycles. The number of hydrogen-bond donors (Lipinski definition) is 2. The summed E-state index contributed by atoms with van der Waals surface area (Å²) >= 11 is 0. The van der Waals surface area contributed by atoms with Crippen molar-refractivity contribution in [1.29, 1.82) is 0 Å². The van der Waals surface area contributed by atoms with Gasteiger partial charge in [-0.1, -0.05) is 54.6 Å². The van der Waals surface area contributed by atoms with Gasteiger partial charge in [-0.3, -0.25) is 5.32 Å². The van der Waals surface area contributed by atoms with Gasteiger partial charge >= 0.3 is 5.97 Å². The minimum atomic E-state index is -0.952. The van der Waals surface area contributed by atoms with E-state index in [2.05, 4.69) is 5.32 Å². The Bertz CT molecular complexity index is 624. The van der Waals surface area contributed by atoms with Gasteiger partial charge in [-0.15, -0.1) is 0 Å². The average Bonchev–Trinajstić information content (AvgIpc) is 2.87. The molecule has 2 N–H and O–H groups in total. The van der Waals surface area contributed by atoms with Crippen LogP contribution in [0, 0.1) is 0 Å². The molecular formula is C17H17NO2. The number of carboxylic acid groups (broad SMARTS) is 1. The molecule has 0 saturated heterocycles. The predicted octanol–water partition coefficient (Wildman–Crippen LogP) is 2.70. The van der Waals surface area contributed by atoms with Crippen molar-refractivity contribution in [2.24, 2.45) is 0 Å². The Kier molecular flexibility index (Phi) is 3.28. The highest BCUT2D eigenvalue weighted by atomic mass is 16.4. The van der Waals surface area contributed by atoms with Crippen LogP contribution < -0.4 is 5.32 Å². The van der Waals surface area contributed by atoms with E-state index in [1.807, 2.05) is 54.6 Å². The molecule has 0 heterocycles. The molecule has 3 nitrogen and oxygen atoms in total. The fourth-order valence-electron chi connectivity index (χ4n) is 2.94. The molecule has 0 amide bonds. The number of aliphatic carboxylic acids is 1. The maximum atomic E-state index is 11.8. The Morgan fingerprint density at radius 3 is 2.55 bits per heavy atom. The number of aryl methyl sites for hydroxylation is 1. The van der Waals surface area contributed by atoms with Gasteiger partial charge in [0.05, 0.1) is 0 Å². The van der Waals surface area contributed by atoms with Gasteiger partial charge in [0.15, 0.2) is 0 Å². The standard InChI is InChI=1S/C17H17NO2/c19-16(20)17(18-12-13-6-2-1-3-7-13)11-10-14-8-4-5-9-15(14)17/h1-9,18H,10-12H2,(H,19,20). The summed E-state index contributed by atoms with van der Waals surface area (Å²) in [5.74, 6) is -0.793. The van der Waals surface area contributed by atoms with Gasteiger partial charge in [0.2, 0.25) is 0 Å². The molecule has 2 aromatic carbocycles. The minimum absolute atomic E-state index is 0.557. The van der Waals surface area contributed by atoms with Gasteiger partial charge in [0, 0.05) is 6.54 Å². The van der Waals surface area contributed by atoms with E-state index < -0.39 is 11.5 Å². The number of hydrogen-bond acceptors (Lipinski definition) is 2. The SMILES string of the molecule is O=C(O)C1(NCc2ccccc2)CCc2ccccc21. The van der Waals surface area contributed by atoms with Crippen molar-refractivity contribution in [1.82, 2.24) is 5.32 Å². The molecule has 0 spiro atoms. The lowest BCUT2D eigenvalue weighted by molar-refractivity contribution is -0.145. The molecule has 0 aliphatic heterocycles. The summed E-state index contributed by atoms with van der Waals surface area (Å²) in [4.78, 5) is 11.8. The Hall–Kier alpha value is -2.13. The van der Waals surface area contributed by atoms with Crippen molar-refractivity contribution in [3.05, 3.63) is 71.3 Å². The number of nitrogens with one attached hydrogen (secondary N) is 1. The summed E-state index contributed by atoms with van der Waals surface area (Å²) in [7, 11) is 0. The van der Waals surface area contributed by atoms with Crippen LogP contribution in [0.25, 0.3) is 0 Å². The number of fused-ring (bicyclic) bond motifs is 1. The third-order valence-electron chi connectivity index (χ3n) is 4.05. The van der Waals surface area contributed by atoms with E-state index in [1.54, 1.807) is 0 Å². The van der Waals surface area contributed by atoms with Crippen LogP contribution in [-0.4, -0.2) is 11.1 Å². The first-order valence-corrected chi connectivity index (χ1v) is 6.83. The molecule has 0 saturated carbocycles. The molecule has 1 unspecified atom stereocenters. The highest BCUT2D eigenvalue weighted by Crippen LogP contribution is 2.37. The molecule has 0 fully saturated rings. The first-order valence-electron chi connectivity index (χ1n) is 6.83. The summed E-state index contributed by atoms with van der Waals surface area (Å²) in [6.07, 6.45) is 1.42. The molecule has 2 aromatic rings. The zero-order chi connectivity index (χ0) is 14.0. The Labute approximate surface area is 118 Å². The van der Waals surface area contributed by atoms with Crippen molar-refractivity contribution in [3.8, 4) is 0 Å². The van der Waals surface area contributed by atoms with E-state index in [0.29, 0.717) is 13.0 Å². The van der Waals surface area contributed by atoms with Gasteiger partial charge < -0.3 is 5.11 Å². The molecule has 1 atom stereocenters. The van der Waals surface area contributed by atoms with Gasteiger partial charge in [0.1, 0.15) is 5.54 Å². The molecule has 0 radical (unpaired) electrons. The van der Waals surface area contributed by atoms with Gasteiger partial charge in [-0.2, -0.15) is 0 Å². The summed E-state index contributed by atoms with van der Waals surface area (Å²) in [5, 5.41) is 13.0. The molecule has 3 rings (SSSR count). The van der Waals surface area contributed by atoms with Crippen LogP contribution in [0.15, 0.2) is 54.6 Å². The first kappa shape index (κ1) is 12.9. The van der Waals surface area contributed by atoms with Crippen LogP contribution in [0.4, 0.5) is 0 Å². The maximum Gasteiger partial charge on any atom is 0.328 e. The summed E-state index contributed by atoms with van der Waals surface area (Å²) in [6.45, 7) is 0.557. The fraction of sp³-hybridized carbons (Fsp3) is 0.235. The van der Waals surface area contributed by atoms with E-state index in [4.69, 9.17) is 0 Å². The topological polar surface area (TPSA) is 49.3 Å². The van der Waals surface area contributed by atoms with Crippen LogP contribution in [0.3, 0.4) is 0 Å². The zero-order valence-corrected chi connectivity index (χ0v) is 11.2. The Morgan fingerprint density at radius 1 is 1.10 bits per heavy atom. The predicted molar refractivity (Wildman–Crippen MR) is 77.4 cm³/mol. The highest BCUT2D eigenvalue weighted by Gasteiger charge is 2.44. The molecule has 0 bridgehead atoms. The maximum absolute atomic E-state index is 11.8. The fourth-order valence-corrected chi connectivity index (χ4v) is 2.94. The van der Waals surface area contributed by atoms with E-state index in [9.17, 15) is 9.90 Å². The Morgan fingerprint density at radius 2 is 1.80 bits per heavy atom. The molecular weight excluding hydrogens is 250 g/mol. The van der Waals surface area contributed by atoms with E-state index in [1.165, 1.54) is 0 Å². The number of carboxylic acids is 1. The second kappa shape index (κ2) is 5.10. The average molecular weight is 267 g/mol. The van der Waals surface area contributed by atoms with Crippen molar-refractivity contribution < 1.29 is 9.90 Å². The second-order valence-corrected chi connectivity index (χ2v) is 5.21. The van der Waals surface area contributed by atoms with Crippen LogP contribution in [0.1, 0.15) is 23.1 Å². The number of rotatable bonds is 4. The van der Waals surface area contributed by atoms with Crippen molar-refractivity contribution in [3.63, 3.8) is 0 Å². The number of benzene rings is 2. The summed E-state index contributed by atoms with van der Waals surface area (Å²) in [5.41, 5.74) is 2.18. The summed E-state index contributed by atoms with van der Waals surface area (Å²) in [6, 6.07) is 17.7. The lowest BCUT2D eigenvalue weighted by Crippen LogP contribution is -2.47. The van der Waals surface area contributed by atoms with Crippen molar-refractivity contribution in [2.75, 3.05) is 0 Å². The molecule has 1 aliphatic rings. The van der Waals surface area contributed by atoms with E-state index in [0.717, 1.165) is 23.1 Å². The third kappa shape index (κ3) is 2.10.